The number of amides is 3. The molecule has 2 unspecified atom stereocenters. The highest BCUT2D eigenvalue weighted by molar-refractivity contribution is 7.46. The normalized spacial score (nSPS) is 17.1. The zero-order valence-electron chi connectivity index (χ0n) is 64.6. The van der Waals surface area contributed by atoms with Crippen molar-refractivity contribution in [1.82, 2.24) is 16.0 Å². The third kappa shape index (κ3) is 55.3. The summed E-state index contributed by atoms with van der Waals surface area (Å²) in [5, 5.41) is 19.6. The summed E-state index contributed by atoms with van der Waals surface area (Å²) in [6, 6.07) is -3.00. The van der Waals surface area contributed by atoms with Crippen molar-refractivity contribution in [2.75, 3.05) is 19.8 Å². The van der Waals surface area contributed by atoms with Gasteiger partial charge in [-0.25, -0.2) is 4.57 Å². The van der Waals surface area contributed by atoms with Crippen LogP contribution in [0.2, 0.25) is 0 Å². The molecule has 100 heavy (non-hydrogen) atoms. The first-order valence-electron chi connectivity index (χ1n) is 41.6. The SMILES string of the molecule is CCCCCCCCCCC[C@H](CC(=O)NCCO[C@@H]1OC(CO)[C@@H](OP(=O)(O)O)[C@H](NC(=O)C[C@@H](CCCCCCCCCCC)OC(=O)CCCCCCCCC)C1NC(=O)C[C@@H](CCCCCCCCCCC)OC(=O)CCCCCCCCC)OC(=O)CCCCCCCCC. The summed E-state index contributed by atoms with van der Waals surface area (Å²) in [4.78, 5) is 105. The van der Waals surface area contributed by atoms with Crippen molar-refractivity contribution in [1.29, 1.82) is 0 Å². The predicted octanol–water partition coefficient (Wildman–Crippen LogP) is 19.4. The van der Waals surface area contributed by atoms with Crippen molar-refractivity contribution < 1.29 is 76.4 Å². The second kappa shape index (κ2) is 66.5. The van der Waals surface area contributed by atoms with Gasteiger partial charge in [-0.2, -0.15) is 0 Å². The minimum absolute atomic E-state index is 0.0706. The topological polar surface area (TPSA) is 272 Å². The average molecular weight is 1440 g/mol. The van der Waals surface area contributed by atoms with E-state index < -0.39 is 87.1 Å². The third-order valence-corrected chi connectivity index (χ3v) is 20.0. The molecule has 3 amide bonds. The number of phosphoric acid groups is 1. The van der Waals surface area contributed by atoms with Gasteiger partial charge < -0.3 is 54.5 Å². The van der Waals surface area contributed by atoms with E-state index in [0.717, 1.165) is 167 Å². The molecule has 0 aromatic carbocycles. The number of aliphatic hydroxyl groups is 1. The fraction of sp³-hybridized carbons (Fsp3) is 0.925. The molecule has 0 saturated carbocycles. The van der Waals surface area contributed by atoms with E-state index in [1.807, 2.05) is 0 Å². The van der Waals surface area contributed by atoms with Crippen LogP contribution in [0.25, 0.3) is 0 Å². The Bertz CT molecular complexity index is 2030. The first-order chi connectivity index (χ1) is 48.5. The molecule has 0 spiro atoms. The van der Waals surface area contributed by atoms with Crippen LogP contribution in [-0.4, -0.2) is 119 Å². The van der Waals surface area contributed by atoms with Gasteiger partial charge in [0.1, 0.15) is 36.6 Å². The molecule has 0 radical (unpaired) electrons. The van der Waals surface area contributed by atoms with Crippen LogP contribution in [0.4, 0.5) is 0 Å². The Labute approximate surface area is 609 Å². The fourth-order valence-electron chi connectivity index (χ4n) is 13.5. The van der Waals surface area contributed by atoms with Crippen molar-refractivity contribution in [2.24, 2.45) is 0 Å². The second-order valence-corrected chi connectivity index (χ2v) is 30.3. The van der Waals surface area contributed by atoms with Gasteiger partial charge in [0.15, 0.2) is 6.29 Å². The van der Waals surface area contributed by atoms with E-state index in [0.29, 0.717) is 44.9 Å². The van der Waals surface area contributed by atoms with Crippen molar-refractivity contribution in [3.63, 3.8) is 0 Å². The molecular weight excluding hydrogens is 1290 g/mol. The van der Waals surface area contributed by atoms with Crippen LogP contribution < -0.4 is 16.0 Å². The third-order valence-electron chi connectivity index (χ3n) is 19.5. The molecule has 20 heteroatoms. The summed E-state index contributed by atoms with van der Waals surface area (Å²) < 4.78 is 49.2. The van der Waals surface area contributed by atoms with Crippen LogP contribution >= 0.6 is 7.82 Å². The zero-order valence-corrected chi connectivity index (χ0v) is 65.5. The summed E-state index contributed by atoms with van der Waals surface area (Å²) in [5.41, 5.74) is 0. The number of nitrogens with one attached hydrogen (secondary N) is 3. The number of rotatable bonds is 72. The Morgan fingerprint density at radius 3 is 0.940 bits per heavy atom. The molecule has 8 atom stereocenters. The van der Waals surface area contributed by atoms with Crippen molar-refractivity contribution in [3.8, 4) is 0 Å². The summed E-state index contributed by atoms with van der Waals surface area (Å²) in [7, 11) is -5.42. The van der Waals surface area contributed by atoms with E-state index in [1.165, 1.54) is 116 Å². The highest BCUT2D eigenvalue weighted by atomic mass is 31.2. The lowest BCUT2D eigenvalue weighted by molar-refractivity contribution is -0.247. The second-order valence-electron chi connectivity index (χ2n) is 29.1. The van der Waals surface area contributed by atoms with Crippen LogP contribution in [0.5, 0.6) is 0 Å². The van der Waals surface area contributed by atoms with Crippen LogP contribution in [0.15, 0.2) is 0 Å². The minimum Gasteiger partial charge on any atom is -0.462 e. The minimum atomic E-state index is -5.42. The van der Waals surface area contributed by atoms with Gasteiger partial charge in [0.25, 0.3) is 0 Å². The monoisotopic (exact) mass is 1440 g/mol. The van der Waals surface area contributed by atoms with Gasteiger partial charge in [0, 0.05) is 25.8 Å². The molecule has 0 aromatic heterocycles. The van der Waals surface area contributed by atoms with Gasteiger partial charge in [-0.3, -0.25) is 33.3 Å². The quantitative estimate of drug-likeness (QED) is 0.0143. The van der Waals surface area contributed by atoms with Crippen molar-refractivity contribution in [2.45, 2.75) is 456 Å². The first kappa shape index (κ1) is 94.8. The summed E-state index contributed by atoms with van der Waals surface area (Å²) >= 11 is 0. The van der Waals surface area contributed by atoms with E-state index in [2.05, 4.69) is 57.5 Å². The van der Waals surface area contributed by atoms with Crippen molar-refractivity contribution in [3.05, 3.63) is 0 Å². The number of unbranched alkanes of at least 4 members (excludes halogenated alkanes) is 42. The number of hydrogen-bond donors (Lipinski definition) is 6. The maximum Gasteiger partial charge on any atom is 0.470 e. The van der Waals surface area contributed by atoms with E-state index >= 15 is 0 Å². The lowest BCUT2D eigenvalue weighted by Gasteiger charge is -2.46. The van der Waals surface area contributed by atoms with E-state index in [1.54, 1.807) is 0 Å². The summed E-state index contributed by atoms with van der Waals surface area (Å²) in [6.45, 7) is 11.9. The lowest BCUT2D eigenvalue weighted by atomic mass is 9.93. The van der Waals surface area contributed by atoms with Crippen LogP contribution in [-0.2, 0) is 61.5 Å². The molecule has 0 aliphatic carbocycles. The van der Waals surface area contributed by atoms with Gasteiger partial charge in [-0.05, 0) is 57.8 Å². The Morgan fingerprint density at radius 1 is 0.380 bits per heavy atom. The number of hydrogen-bond acceptors (Lipinski definition) is 14. The first-order valence-corrected chi connectivity index (χ1v) is 43.1. The molecule has 1 saturated heterocycles. The zero-order chi connectivity index (χ0) is 73.4. The summed E-state index contributed by atoms with van der Waals surface area (Å²) in [5.74, 6) is -2.85. The molecule has 0 bridgehead atoms. The van der Waals surface area contributed by atoms with Gasteiger partial charge >= 0.3 is 25.7 Å². The lowest BCUT2D eigenvalue weighted by Crippen LogP contribution is -2.70. The predicted molar refractivity (Wildman–Crippen MR) is 402 cm³/mol. The molecule has 1 rings (SSSR count). The molecule has 588 valence electrons. The molecule has 1 heterocycles. The highest BCUT2D eigenvalue weighted by Crippen LogP contribution is 2.42. The summed E-state index contributed by atoms with van der Waals surface area (Å²) in [6.07, 6.45) is 44.9. The van der Waals surface area contributed by atoms with Gasteiger partial charge in [-0.1, -0.05) is 311 Å². The molecule has 1 fully saturated rings. The maximum absolute atomic E-state index is 14.8. The number of phosphoric ester groups is 1. The molecule has 0 aromatic rings. The molecule has 19 nitrogen and oxygen atoms in total. The molecular formula is C80H152N3O16P. The number of aliphatic hydroxyl groups excluding tert-OH is 1. The molecule has 1 aliphatic rings. The molecule has 6 N–H and O–H groups in total. The Balaban J connectivity index is 3.70. The fourth-order valence-corrected chi connectivity index (χ4v) is 14.1. The van der Waals surface area contributed by atoms with Gasteiger partial charge in [-0.15, -0.1) is 0 Å². The van der Waals surface area contributed by atoms with Crippen LogP contribution in [0, 0.1) is 0 Å². The molecule has 1 aliphatic heterocycles. The number of esters is 3. The largest absolute Gasteiger partial charge is 0.470 e. The van der Waals surface area contributed by atoms with Crippen LogP contribution in [0.1, 0.15) is 408 Å². The smallest absolute Gasteiger partial charge is 0.462 e. The van der Waals surface area contributed by atoms with Gasteiger partial charge in [0.05, 0.1) is 38.5 Å². The average Bonchev–Trinajstić information content (AvgIpc) is 0.782. The maximum atomic E-state index is 14.8. The standard InChI is InChI=1S/C80H152N3O16P/c1-7-13-19-25-31-34-40-43-49-55-67(95-74(88)58-52-46-37-28-22-16-10-4)63-71(85)81-61-62-94-80-78(83-73(87)65-69(57-51-45-42-36-33-27-21-15-9-3)97-76(90)60-54-48-39-30-24-18-12-6)77(79(70(66-84)98-80)99-100(91,92)93)82-72(86)64-68(56-50-44-41-35-32-26-20-14-8-2)96-75(89)59-53-47-38-29-23-17-11-5/h67-70,77-80,84H,7-66H2,1-6H3,(H,81,85)(H,82,86)(H,83,87)(H2,91,92,93)/t67-,68-,69-,70?,77-,78?,79-,80-/m1/s1. The van der Waals surface area contributed by atoms with Crippen molar-refractivity contribution >= 4 is 43.5 Å². The van der Waals surface area contributed by atoms with E-state index in [-0.39, 0.29) is 63.6 Å². The number of ether oxygens (including phenoxy) is 5. The van der Waals surface area contributed by atoms with E-state index in [4.69, 9.17) is 28.2 Å². The Kier molecular flexibility index (Phi) is 63.0. The van der Waals surface area contributed by atoms with Crippen LogP contribution in [0.3, 0.4) is 0 Å². The highest BCUT2D eigenvalue weighted by Gasteiger charge is 2.51. The number of carbonyl (C=O) groups is 6. The Hall–Kier alpha value is -3.19. The number of carbonyl (C=O) groups excluding carboxylic acids is 6. The van der Waals surface area contributed by atoms with Gasteiger partial charge in [0.2, 0.25) is 17.7 Å². The Morgan fingerprint density at radius 2 is 0.650 bits per heavy atom. The van der Waals surface area contributed by atoms with E-state index in [9.17, 15) is 48.2 Å².